The van der Waals surface area contributed by atoms with E-state index in [2.05, 4.69) is 24.0 Å². The Morgan fingerprint density at radius 3 is 2.62 bits per heavy atom. The third-order valence-electron chi connectivity index (χ3n) is 4.49. The van der Waals surface area contributed by atoms with E-state index in [1.54, 1.807) is 18.2 Å². The lowest BCUT2D eigenvalue weighted by Gasteiger charge is -2.01. The number of benzene rings is 1. The Bertz CT molecular complexity index is 601. The van der Waals surface area contributed by atoms with Crippen LogP contribution in [0.3, 0.4) is 0 Å². The zero-order valence-electron chi connectivity index (χ0n) is 15.9. The summed E-state index contributed by atoms with van der Waals surface area (Å²) in [5.41, 5.74) is 0.809. The van der Waals surface area contributed by atoms with E-state index < -0.39 is 5.97 Å². The van der Waals surface area contributed by atoms with Gasteiger partial charge in [0.05, 0.1) is 0 Å². The van der Waals surface area contributed by atoms with E-state index in [0.717, 1.165) is 17.9 Å². The minimum Gasteiger partial charge on any atom is -0.508 e. The molecule has 0 amide bonds. The molecule has 0 aliphatic heterocycles. The van der Waals surface area contributed by atoms with Crippen LogP contribution in [0.5, 0.6) is 5.75 Å². The summed E-state index contributed by atoms with van der Waals surface area (Å²) < 4.78 is 0. The molecule has 1 fully saturated rings. The van der Waals surface area contributed by atoms with Crippen molar-refractivity contribution in [2.24, 2.45) is 5.92 Å². The number of carboxylic acids is 1. The SMILES string of the molecule is CC#CCCC/C=C/C1CCCC1.O=C(O)CCCc1ccccc1O. The summed E-state index contributed by atoms with van der Waals surface area (Å²) in [6.07, 6.45) is 15.3. The van der Waals surface area contributed by atoms with Crippen molar-refractivity contribution >= 4 is 5.97 Å². The van der Waals surface area contributed by atoms with Gasteiger partial charge in [-0.25, -0.2) is 0 Å². The van der Waals surface area contributed by atoms with Gasteiger partial charge in [-0.05, 0) is 63.0 Å². The van der Waals surface area contributed by atoms with Gasteiger partial charge in [0.1, 0.15) is 5.75 Å². The zero-order chi connectivity index (χ0) is 19.0. The number of unbranched alkanes of at least 4 members (excludes halogenated alkanes) is 2. The minimum atomic E-state index is -0.796. The highest BCUT2D eigenvalue weighted by Gasteiger charge is 2.10. The lowest BCUT2D eigenvalue weighted by atomic mass is 10.1. The maximum Gasteiger partial charge on any atom is 0.303 e. The predicted molar refractivity (Wildman–Crippen MR) is 107 cm³/mol. The Labute approximate surface area is 158 Å². The van der Waals surface area contributed by atoms with Gasteiger partial charge in [0, 0.05) is 12.8 Å². The summed E-state index contributed by atoms with van der Waals surface area (Å²) in [4.78, 5) is 10.2. The van der Waals surface area contributed by atoms with E-state index in [4.69, 9.17) is 5.11 Å². The molecule has 3 heteroatoms. The monoisotopic (exact) mass is 356 g/mol. The zero-order valence-corrected chi connectivity index (χ0v) is 15.9. The maximum absolute atomic E-state index is 10.2. The highest BCUT2D eigenvalue weighted by Crippen LogP contribution is 2.25. The van der Waals surface area contributed by atoms with E-state index in [9.17, 15) is 9.90 Å². The molecule has 2 rings (SSSR count). The Kier molecular flexibility index (Phi) is 11.8. The van der Waals surface area contributed by atoms with Gasteiger partial charge in [-0.15, -0.1) is 11.8 Å². The number of aliphatic carboxylic acids is 1. The molecule has 1 aliphatic rings. The molecular weight excluding hydrogens is 324 g/mol. The van der Waals surface area contributed by atoms with Crippen molar-refractivity contribution in [3.8, 4) is 17.6 Å². The number of aryl methyl sites for hydroxylation is 1. The number of carboxylic acid groups (broad SMARTS) is 1. The molecule has 1 aliphatic carbocycles. The van der Waals surface area contributed by atoms with E-state index in [0.29, 0.717) is 12.8 Å². The van der Waals surface area contributed by atoms with Crippen LogP contribution in [-0.2, 0) is 11.2 Å². The molecule has 26 heavy (non-hydrogen) atoms. The van der Waals surface area contributed by atoms with E-state index in [-0.39, 0.29) is 12.2 Å². The largest absolute Gasteiger partial charge is 0.508 e. The van der Waals surface area contributed by atoms with Crippen molar-refractivity contribution in [2.75, 3.05) is 0 Å². The molecule has 0 aromatic heterocycles. The fourth-order valence-corrected chi connectivity index (χ4v) is 3.02. The summed E-state index contributed by atoms with van der Waals surface area (Å²) in [6, 6.07) is 6.99. The lowest BCUT2D eigenvalue weighted by molar-refractivity contribution is -0.137. The maximum atomic E-state index is 10.2. The minimum absolute atomic E-state index is 0.147. The molecule has 0 spiro atoms. The Morgan fingerprint density at radius 1 is 1.23 bits per heavy atom. The third-order valence-corrected chi connectivity index (χ3v) is 4.49. The van der Waals surface area contributed by atoms with Crippen molar-refractivity contribution in [1.82, 2.24) is 0 Å². The lowest BCUT2D eigenvalue weighted by Crippen LogP contribution is -1.95. The van der Waals surface area contributed by atoms with Gasteiger partial charge in [-0.3, -0.25) is 4.79 Å². The molecule has 0 atom stereocenters. The van der Waals surface area contributed by atoms with Gasteiger partial charge in [-0.2, -0.15) is 0 Å². The van der Waals surface area contributed by atoms with Gasteiger partial charge in [0.25, 0.3) is 0 Å². The van der Waals surface area contributed by atoms with Gasteiger partial charge in [-0.1, -0.05) is 43.2 Å². The summed E-state index contributed by atoms with van der Waals surface area (Å²) >= 11 is 0. The first kappa shape index (κ1) is 21.8. The number of aromatic hydroxyl groups is 1. The second-order valence-corrected chi connectivity index (χ2v) is 6.67. The quantitative estimate of drug-likeness (QED) is 0.355. The second-order valence-electron chi connectivity index (χ2n) is 6.67. The van der Waals surface area contributed by atoms with Crippen LogP contribution in [0, 0.1) is 17.8 Å². The van der Waals surface area contributed by atoms with E-state index in [1.807, 2.05) is 13.0 Å². The highest BCUT2D eigenvalue weighted by atomic mass is 16.4. The van der Waals surface area contributed by atoms with Crippen molar-refractivity contribution in [2.45, 2.75) is 71.1 Å². The number of rotatable bonds is 8. The third kappa shape index (κ3) is 10.6. The van der Waals surface area contributed by atoms with Gasteiger partial charge < -0.3 is 10.2 Å². The molecule has 0 bridgehead atoms. The molecule has 2 N–H and O–H groups in total. The first-order valence-corrected chi connectivity index (χ1v) is 9.68. The topological polar surface area (TPSA) is 57.5 Å². The Balaban J connectivity index is 0.000000260. The first-order chi connectivity index (χ1) is 12.6. The second kappa shape index (κ2) is 14.0. The predicted octanol–water partition coefficient (Wildman–Crippen LogP) is 5.73. The number of para-hydroxylation sites is 1. The number of hydrogen-bond acceptors (Lipinski definition) is 2. The number of phenolic OH excluding ortho intramolecular Hbond substituents is 1. The molecule has 142 valence electrons. The van der Waals surface area contributed by atoms with Crippen LogP contribution in [0.2, 0.25) is 0 Å². The van der Waals surface area contributed by atoms with Crippen LogP contribution in [0.25, 0.3) is 0 Å². The number of allylic oxidation sites excluding steroid dienone is 2. The fourth-order valence-electron chi connectivity index (χ4n) is 3.02. The van der Waals surface area contributed by atoms with Gasteiger partial charge in [0.15, 0.2) is 0 Å². The number of carbonyl (C=O) groups is 1. The molecule has 0 saturated heterocycles. The van der Waals surface area contributed by atoms with Crippen LogP contribution in [0.1, 0.15) is 70.3 Å². The molecule has 1 aromatic carbocycles. The summed E-state index contributed by atoms with van der Waals surface area (Å²) in [6.45, 7) is 1.91. The van der Waals surface area contributed by atoms with Crippen LogP contribution in [-0.4, -0.2) is 16.2 Å². The molecule has 0 unspecified atom stereocenters. The average molecular weight is 357 g/mol. The van der Waals surface area contributed by atoms with E-state index in [1.165, 1.54) is 38.5 Å². The normalized spacial score (nSPS) is 13.7. The van der Waals surface area contributed by atoms with Crippen molar-refractivity contribution in [3.05, 3.63) is 42.0 Å². The molecule has 1 saturated carbocycles. The molecular formula is C23H32O3. The molecule has 1 aromatic rings. The number of hydrogen-bond donors (Lipinski definition) is 2. The van der Waals surface area contributed by atoms with Crippen molar-refractivity contribution in [3.63, 3.8) is 0 Å². The number of phenols is 1. The summed E-state index contributed by atoms with van der Waals surface area (Å²) in [5.74, 6) is 6.37. The highest BCUT2D eigenvalue weighted by molar-refractivity contribution is 5.66. The van der Waals surface area contributed by atoms with E-state index >= 15 is 0 Å². The van der Waals surface area contributed by atoms with Crippen LogP contribution < -0.4 is 0 Å². The molecule has 3 nitrogen and oxygen atoms in total. The van der Waals surface area contributed by atoms with Crippen molar-refractivity contribution in [1.29, 1.82) is 0 Å². The van der Waals surface area contributed by atoms with Gasteiger partial charge >= 0.3 is 5.97 Å². The standard InChI is InChI=1S/C13H20.C10H12O3/c1-2-3-4-5-6-7-10-13-11-8-9-12-13;11-9-6-2-1-4-8(9)5-3-7-10(12)13/h7,10,13H,4-6,8-9,11-12H2,1H3;1-2,4,6,11H,3,5,7H2,(H,12,13)/b10-7+;. The first-order valence-electron chi connectivity index (χ1n) is 9.68. The average Bonchev–Trinajstić information content (AvgIpc) is 3.13. The molecule has 0 radical (unpaired) electrons. The summed E-state index contributed by atoms with van der Waals surface area (Å²) in [7, 11) is 0. The smallest absolute Gasteiger partial charge is 0.303 e. The van der Waals surface area contributed by atoms with Crippen LogP contribution in [0.4, 0.5) is 0 Å². The fraction of sp³-hybridized carbons (Fsp3) is 0.522. The Morgan fingerprint density at radius 2 is 1.96 bits per heavy atom. The molecule has 0 heterocycles. The van der Waals surface area contributed by atoms with Crippen LogP contribution in [0.15, 0.2) is 36.4 Å². The summed E-state index contributed by atoms with van der Waals surface area (Å²) in [5, 5.41) is 17.7. The van der Waals surface area contributed by atoms with Gasteiger partial charge in [0.2, 0.25) is 0 Å². The van der Waals surface area contributed by atoms with Crippen molar-refractivity contribution < 1.29 is 15.0 Å². The Hall–Kier alpha value is -2.21. The van der Waals surface area contributed by atoms with Crippen LogP contribution >= 0.6 is 0 Å².